The Kier molecular flexibility index (Phi) is 4.75. The van der Waals surface area contributed by atoms with Crippen molar-refractivity contribution in [1.29, 1.82) is 0 Å². The molecule has 32 heavy (non-hydrogen) atoms. The van der Waals surface area contributed by atoms with Crippen LogP contribution in [0.2, 0.25) is 0 Å². The number of rotatable bonds is 4. The van der Waals surface area contributed by atoms with E-state index in [-0.39, 0.29) is 28.6 Å². The summed E-state index contributed by atoms with van der Waals surface area (Å²) < 4.78 is 0. The van der Waals surface area contributed by atoms with Crippen LogP contribution in [0.1, 0.15) is 42.7 Å². The second kappa shape index (κ2) is 7.62. The third kappa shape index (κ3) is 3.14. The fourth-order valence-electron chi connectivity index (χ4n) is 3.87. The van der Waals surface area contributed by atoms with Crippen molar-refractivity contribution in [3.8, 4) is 5.75 Å². The molecule has 0 aliphatic heterocycles. The Balaban J connectivity index is 1.65. The van der Waals surface area contributed by atoms with Crippen LogP contribution in [0.4, 0.5) is 0 Å². The van der Waals surface area contributed by atoms with Crippen molar-refractivity contribution in [3.05, 3.63) is 95.2 Å². The van der Waals surface area contributed by atoms with Gasteiger partial charge in [-0.25, -0.2) is 9.78 Å². The minimum absolute atomic E-state index is 0.0274. The van der Waals surface area contributed by atoms with Gasteiger partial charge in [0, 0.05) is 21.4 Å². The van der Waals surface area contributed by atoms with Crippen LogP contribution in [0.25, 0.3) is 10.9 Å². The number of carbonyl (C=O) groups excluding carboxylic acids is 2. The molecule has 0 saturated carbocycles. The molecule has 1 aromatic heterocycles. The maximum Gasteiger partial charge on any atom is 0.335 e. The number of pyridine rings is 1. The van der Waals surface area contributed by atoms with Gasteiger partial charge in [-0.05, 0) is 30.3 Å². The third-order valence-corrected chi connectivity index (χ3v) is 6.55. The van der Waals surface area contributed by atoms with Crippen molar-refractivity contribution >= 4 is 40.2 Å². The van der Waals surface area contributed by atoms with Crippen LogP contribution in [0.3, 0.4) is 0 Å². The number of para-hydroxylation sites is 1. The first kappa shape index (κ1) is 20.0. The van der Waals surface area contributed by atoms with Gasteiger partial charge in [0.05, 0.1) is 16.0 Å². The fourth-order valence-corrected chi connectivity index (χ4v) is 4.86. The number of aromatic nitrogens is 1. The molecule has 0 spiro atoms. The Morgan fingerprint density at radius 3 is 2.06 bits per heavy atom. The highest BCUT2D eigenvalue weighted by Gasteiger charge is 2.42. The molecule has 0 radical (unpaired) electrons. The van der Waals surface area contributed by atoms with E-state index in [0.29, 0.717) is 31.8 Å². The lowest BCUT2D eigenvalue weighted by atomic mass is 9.97. The lowest BCUT2D eigenvalue weighted by Crippen LogP contribution is -2.15. The summed E-state index contributed by atoms with van der Waals surface area (Å²) in [5.74, 6) is -3.23. The molecular weight excluding hydrogens is 426 g/mol. The van der Waals surface area contributed by atoms with Gasteiger partial charge in [0.25, 0.3) is 0 Å². The Bertz CT molecular complexity index is 1390. The van der Waals surface area contributed by atoms with E-state index in [0.717, 1.165) is 0 Å². The molecule has 7 heteroatoms. The van der Waals surface area contributed by atoms with E-state index in [1.54, 1.807) is 54.6 Å². The minimum atomic E-state index is -1.20. The number of ketones is 2. The summed E-state index contributed by atoms with van der Waals surface area (Å²) in [7, 11) is 0. The van der Waals surface area contributed by atoms with Gasteiger partial charge in [-0.2, -0.15) is 0 Å². The number of carboxylic acids is 1. The van der Waals surface area contributed by atoms with Crippen LogP contribution in [-0.4, -0.2) is 32.7 Å². The van der Waals surface area contributed by atoms with Gasteiger partial charge in [-0.1, -0.05) is 54.2 Å². The van der Waals surface area contributed by atoms with Crippen molar-refractivity contribution < 1.29 is 24.6 Å². The molecule has 156 valence electrons. The number of Topliss-reactive ketones (excluding diaryl/α,β-unsaturated/α-hetero) is 2. The van der Waals surface area contributed by atoms with Gasteiger partial charge < -0.3 is 10.2 Å². The highest BCUT2D eigenvalue weighted by Crippen LogP contribution is 2.45. The molecule has 1 aliphatic rings. The molecule has 6 nitrogen and oxygen atoms in total. The standard InChI is InChI=1S/C25H15NO5S/c27-21-15-5-1-2-6-16(15)22(28)19(21)20-23(29)24(17-7-3-4-8-18(17)26-20)32-14-11-9-13(10-12-14)25(30)31/h1-12,19,29H,(H,30,31). The monoisotopic (exact) mass is 441 g/mol. The highest BCUT2D eigenvalue weighted by molar-refractivity contribution is 7.99. The average molecular weight is 441 g/mol. The number of aromatic carboxylic acids is 1. The zero-order valence-corrected chi connectivity index (χ0v) is 17.3. The molecule has 0 bridgehead atoms. The number of benzene rings is 3. The van der Waals surface area contributed by atoms with Crippen LogP contribution in [0, 0.1) is 0 Å². The summed E-state index contributed by atoms with van der Waals surface area (Å²) in [6, 6.07) is 20.0. The second-order valence-corrected chi connectivity index (χ2v) is 8.41. The smallest absolute Gasteiger partial charge is 0.335 e. The molecule has 0 fully saturated rings. The first-order chi connectivity index (χ1) is 15.5. The number of hydrogen-bond donors (Lipinski definition) is 2. The summed E-state index contributed by atoms with van der Waals surface area (Å²) >= 11 is 1.22. The van der Waals surface area contributed by atoms with E-state index in [1.807, 2.05) is 6.07 Å². The van der Waals surface area contributed by atoms with Crippen LogP contribution in [0.15, 0.2) is 82.6 Å². The Morgan fingerprint density at radius 1 is 0.844 bits per heavy atom. The van der Waals surface area contributed by atoms with Crippen LogP contribution < -0.4 is 0 Å². The number of fused-ring (bicyclic) bond motifs is 2. The van der Waals surface area contributed by atoms with E-state index in [2.05, 4.69) is 4.98 Å². The summed E-state index contributed by atoms with van der Waals surface area (Å²) in [5, 5.41) is 21.0. The summed E-state index contributed by atoms with van der Waals surface area (Å²) in [4.78, 5) is 42.8. The first-order valence-electron chi connectivity index (χ1n) is 9.76. The molecule has 2 N–H and O–H groups in total. The number of carbonyl (C=O) groups is 3. The number of hydrogen-bond acceptors (Lipinski definition) is 6. The zero-order chi connectivity index (χ0) is 22.4. The van der Waals surface area contributed by atoms with Crippen molar-refractivity contribution in [1.82, 2.24) is 4.98 Å². The lowest BCUT2D eigenvalue weighted by molar-refractivity contribution is 0.0696. The van der Waals surface area contributed by atoms with E-state index in [4.69, 9.17) is 5.11 Å². The lowest BCUT2D eigenvalue weighted by Gasteiger charge is -2.15. The molecule has 0 atom stereocenters. The molecule has 1 heterocycles. The SMILES string of the molecule is O=C(O)c1ccc(Sc2c(O)c(C3C(=O)c4ccccc4C3=O)nc3ccccc23)cc1. The Morgan fingerprint density at radius 2 is 1.44 bits per heavy atom. The Hall–Kier alpha value is -3.97. The predicted octanol–water partition coefficient (Wildman–Crippen LogP) is 4.95. The molecule has 0 unspecified atom stereocenters. The van der Waals surface area contributed by atoms with Crippen LogP contribution >= 0.6 is 11.8 Å². The van der Waals surface area contributed by atoms with Gasteiger partial charge >= 0.3 is 5.97 Å². The highest BCUT2D eigenvalue weighted by atomic mass is 32.2. The van der Waals surface area contributed by atoms with Crippen molar-refractivity contribution in [2.75, 3.05) is 0 Å². The van der Waals surface area contributed by atoms with Gasteiger partial charge in [0.2, 0.25) is 0 Å². The quantitative estimate of drug-likeness (QED) is 0.432. The van der Waals surface area contributed by atoms with E-state index >= 15 is 0 Å². The predicted molar refractivity (Wildman–Crippen MR) is 119 cm³/mol. The summed E-state index contributed by atoms with van der Waals surface area (Å²) in [6.45, 7) is 0. The maximum atomic E-state index is 13.0. The summed E-state index contributed by atoms with van der Waals surface area (Å²) in [6.07, 6.45) is 0. The number of aromatic hydroxyl groups is 1. The third-order valence-electron chi connectivity index (χ3n) is 5.42. The molecule has 5 rings (SSSR count). The minimum Gasteiger partial charge on any atom is -0.505 e. The molecular formula is C25H15NO5S. The average Bonchev–Trinajstić information content (AvgIpc) is 3.06. The van der Waals surface area contributed by atoms with Gasteiger partial charge in [-0.3, -0.25) is 9.59 Å². The molecule has 3 aromatic carbocycles. The van der Waals surface area contributed by atoms with E-state index < -0.39 is 11.9 Å². The molecule has 0 amide bonds. The van der Waals surface area contributed by atoms with Gasteiger partial charge in [0.1, 0.15) is 11.6 Å². The summed E-state index contributed by atoms with van der Waals surface area (Å²) in [5.41, 5.74) is 1.38. The van der Waals surface area contributed by atoms with E-state index in [1.165, 1.54) is 23.9 Å². The van der Waals surface area contributed by atoms with Crippen LogP contribution in [-0.2, 0) is 0 Å². The van der Waals surface area contributed by atoms with Crippen molar-refractivity contribution in [3.63, 3.8) is 0 Å². The zero-order valence-electron chi connectivity index (χ0n) is 16.5. The van der Waals surface area contributed by atoms with Crippen molar-refractivity contribution in [2.45, 2.75) is 15.7 Å². The largest absolute Gasteiger partial charge is 0.505 e. The first-order valence-corrected chi connectivity index (χ1v) is 10.6. The Labute approximate surface area is 186 Å². The molecule has 4 aromatic rings. The number of carboxylic acid groups (broad SMARTS) is 1. The normalized spacial score (nSPS) is 13.5. The second-order valence-electron chi connectivity index (χ2n) is 7.33. The molecule has 1 aliphatic carbocycles. The van der Waals surface area contributed by atoms with Gasteiger partial charge in [0.15, 0.2) is 17.3 Å². The van der Waals surface area contributed by atoms with Crippen LogP contribution in [0.5, 0.6) is 5.75 Å². The van der Waals surface area contributed by atoms with E-state index in [9.17, 15) is 19.5 Å². The number of nitrogens with zero attached hydrogens (tertiary/aromatic N) is 1. The maximum absolute atomic E-state index is 13.0. The van der Waals surface area contributed by atoms with Gasteiger partial charge in [-0.15, -0.1) is 0 Å². The topological polar surface area (TPSA) is 105 Å². The fraction of sp³-hybridized carbons (Fsp3) is 0.0400. The van der Waals surface area contributed by atoms with Crippen molar-refractivity contribution in [2.24, 2.45) is 0 Å². The molecule has 0 saturated heterocycles.